The van der Waals surface area contributed by atoms with Gasteiger partial charge in [-0.3, -0.25) is 0 Å². The van der Waals surface area contributed by atoms with Gasteiger partial charge in [-0.2, -0.15) is 5.23 Å². The topological polar surface area (TPSA) is 62.8 Å². The molecule has 4 heteroatoms. The van der Waals surface area contributed by atoms with Gasteiger partial charge in [0, 0.05) is 0 Å². The first-order valence-corrected chi connectivity index (χ1v) is 1.71. The van der Waals surface area contributed by atoms with Crippen LogP contribution in [0.4, 0.5) is 0 Å². The summed E-state index contributed by atoms with van der Waals surface area (Å²) in [4.78, 5) is 4.15. The van der Waals surface area contributed by atoms with Crippen molar-refractivity contribution in [2.45, 2.75) is 0 Å². The third kappa shape index (κ3) is 2.16. The number of quaternary nitrogens is 1. The van der Waals surface area contributed by atoms with Crippen LogP contribution in [0.25, 0.3) is 0 Å². The van der Waals surface area contributed by atoms with Crippen LogP contribution in [0, 0.1) is 5.21 Å². The van der Waals surface area contributed by atoms with Gasteiger partial charge in [-0.25, -0.2) is 4.84 Å². The maximum atomic E-state index is 10.1. The molecule has 0 fully saturated rings. The highest BCUT2D eigenvalue weighted by Crippen LogP contribution is 1.50. The minimum atomic E-state index is -0.569. The standard InChI is InChI=1S/C3H8N2O2/c1-3(4)5(6)7-2/h5H,1,4H2,2H3. The minimum absolute atomic E-state index is 0.0671. The van der Waals surface area contributed by atoms with Gasteiger partial charge in [-0.1, -0.05) is 0 Å². The fraction of sp³-hybridized carbons (Fsp3) is 0.333. The van der Waals surface area contributed by atoms with E-state index in [1.807, 2.05) is 0 Å². The first-order valence-electron chi connectivity index (χ1n) is 1.71. The Kier molecular flexibility index (Phi) is 2.36. The summed E-state index contributed by atoms with van der Waals surface area (Å²) in [6, 6.07) is 0. The second-order valence-electron chi connectivity index (χ2n) is 1.02. The van der Waals surface area contributed by atoms with Gasteiger partial charge in [-0.15, -0.1) is 0 Å². The number of hydrogen-bond acceptors (Lipinski definition) is 3. The summed E-state index contributed by atoms with van der Waals surface area (Å²) in [5.74, 6) is -0.0671. The lowest BCUT2D eigenvalue weighted by Gasteiger charge is -2.14. The SMILES string of the molecule is C=C(N)[NH+]([O-])OC. The second-order valence-corrected chi connectivity index (χ2v) is 1.02. The Morgan fingerprint density at radius 2 is 2.43 bits per heavy atom. The molecule has 0 amide bonds. The van der Waals surface area contributed by atoms with E-state index in [9.17, 15) is 5.21 Å². The molecule has 0 aliphatic heterocycles. The van der Waals surface area contributed by atoms with Crippen LogP contribution in [0.5, 0.6) is 0 Å². The lowest BCUT2D eigenvalue weighted by Crippen LogP contribution is -3.05. The molecular formula is C3H8N2O2. The molecule has 0 aliphatic rings. The molecule has 0 heterocycles. The lowest BCUT2D eigenvalue weighted by atomic mass is 10.9. The molecule has 0 bridgehead atoms. The molecule has 1 unspecified atom stereocenters. The summed E-state index contributed by atoms with van der Waals surface area (Å²) in [6.45, 7) is 3.13. The summed E-state index contributed by atoms with van der Waals surface area (Å²) < 4.78 is 0. The number of hydrogen-bond donors (Lipinski definition) is 2. The largest absolute Gasteiger partial charge is 0.594 e. The van der Waals surface area contributed by atoms with E-state index >= 15 is 0 Å². The van der Waals surface area contributed by atoms with Crippen molar-refractivity contribution >= 4 is 0 Å². The van der Waals surface area contributed by atoms with Crippen molar-refractivity contribution in [3.8, 4) is 0 Å². The van der Waals surface area contributed by atoms with Crippen molar-refractivity contribution in [2.24, 2.45) is 5.73 Å². The van der Waals surface area contributed by atoms with E-state index in [-0.39, 0.29) is 5.82 Å². The summed E-state index contributed by atoms with van der Waals surface area (Å²) in [5, 5.41) is 9.50. The van der Waals surface area contributed by atoms with Crippen molar-refractivity contribution in [2.75, 3.05) is 7.11 Å². The van der Waals surface area contributed by atoms with E-state index in [4.69, 9.17) is 5.73 Å². The monoisotopic (exact) mass is 104 g/mol. The van der Waals surface area contributed by atoms with Crippen LogP contribution >= 0.6 is 0 Å². The Labute approximate surface area is 41.7 Å². The first kappa shape index (κ1) is 6.42. The summed E-state index contributed by atoms with van der Waals surface area (Å²) in [6.07, 6.45) is 0. The summed E-state index contributed by atoms with van der Waals surface area (Å²) in [7, 11) is 1.25. The molecule has 0 rings (SSSR count). The predicted molar refractivity (Wildman–Crippen MR) is 24.7 cm³/mol. The minimum Gasteiger partial charge on any atom is -0.594 e. The fourth-order valence-electron chi connectivity index (χ4n) is 0.131. The molecule has 0 aromatic carbocycles. The number of nitrogens with two attached hydrogens (primary N) is 1. The van der Waals surface area contributed by atoms with E-state index < -0.39 is 5.23 Å². The van der Waals surface area contributed by atoms with Gasteiger partial charge < -0.3 is 10.9 Å². The van der Waals surface area contributed by atoms with E-state index in [1.54, 1.807) is 0 Å². The second kappa shape index (κ2) is 2.57. The van der Waals surface area contributed by atoms with Gasteiger partial charge in [0.25, 0.3) is 0 Å². The smallest absolute Gasteiger partial charge is 0.222 e. The van der Waals surface area contributed by atoms with Crippen LogP contribution in [0.15, 0.2) is 12.4 Å². The van der Waals surface area contributed by atoms with E-state index in [1.165, 1.54) is 7.11 Å². The van der Waals surface area contributed by atoms with Crippen molar-refractivity contribution in [1.82, 2.24) is 0 Å². The van der Waals surface area contributed by atoms with E-state index in [2.05, 4.69) is 11.4 Å². The Balaban J connectivity index is 3.34. The maximum absolute atomic E-state index is 10.1. The molecule has 0 radical (unpaired) electrons. The van der Waals surface area contributed by atoms with Gasteiger partial charge in [-0.05, 0) is 6.58 Å². The van der Waals surface area contributed by atoms with Crippen molar-refractivity contribution < 1.29 is 10.1 Å². The molecule has 7 heavy (non-hydrogen) atoms. The van der Waals surface area contributed by atoms with Crippen molar-refractivity contribution in [3.63, 3.8) is 0 Å². The van der Waals surface area contributed by atoms with Gasteiger partial charge in [0.15, 0.2) is 0 Å². The molecule has 0 aromatic heterocycles. The molecule has 3 N–H and O–H groups in total. The van der Waals surface area contributed by atoms with Crippen LogP contribution in [0.2, 0.25) is 0 Å². The summed E-state index contributed by atoms with van der Waals surface area (Å²) in [5.41, 5.74) is 4.88. The van der Waals surface area contributed by atoms with E-state index in [0.29, 0.717) is 0 Å². The predicted octanol–water partition coefficient (Wildman–Crippen LogP) is -1.64. The zero-order valence-electron chi connectivity index (χ0n) is 4.10. The normalized spacial score (nSPS) is 13.4. The van der Waals surface area contributed by atoms with Crippen LogP contribution in [-0.2, 0) is 4.84 Å². The molecule has 0 spiro atoms. The molecule has 4 nitrogen and oxygen atoms in total. The quantitative estimate of drug-likeness (QED) is 0.413. The fourth-order valence-corrected chi connectivity index (χ4v) is 0.131. The molecule has 0 saturated heterocycles. The average Bonchev–Trinajstić information content (AvgIpc) is 1.65. The maximum Gasteiger partial charge on any atom is 0.222 e. The molecule has 0 saturated carbocycles. The highest BCUT2D eigenvalue weighted by atomic mass is 16.9. The number of rotatable bonds is 2. The molecule has 0 aromatic rings. The van der Waals surface area contributed by atoms with Gasteiger partial charge in [0.2, 0.25) is 5.82 Å². The molecule has 42 valence electrons. The Morgan fingerprint density at radius 1 is 2.00 bits per heavy atom. The Morgan fingerprint density at radius 3 is 2.43 bits per heavy atom. The molecular weight excluding hydrogens is 96.0 g/mol. The van der Waals surface area contributed by atoms with Crippen molar-refractivity contribution in [3.05, 3.63) is 17.6 Å². The zero-order chi connectivity index (χ0) is 5.86. The van der Waals surface area contributed by atoms with Gasteiger partial charge in [0.05, 0.1) is 7.11 Å². The zero-order valence-corrected chi connectivity index (χ0v) is 4.10. The van der Waals surface area contributed by atoms with Crippen LogP contribution in [0.1, 0.15) is 0 Å². The van der Waals surface area contributed by atoms with Crippen LogP contribution in [-0.4, -0.2) is 7.11 Å². The third-order valence-electron chi connectivity index (χ3n) is 0.448. The Hall–Kier alpha value is -0.580. The highest BCUT2D eigenvalue weighted by molar-refractivity contribution is 4.65. The number of nitrogens with one attached hydrogen (secondary N) is 1. The summed E-state index contributed by atoms with van der Waals surface area (Å²) >= 11 is 0. The van der Waals surface area contributed by atoms with E-state index in [0.717, 1.165) is 0 Å². The van der Waals surface area contributed by atoms with Gasteiger partial charge >= 0.3 is 0 Å². The van der Waals surface area contributed by atoms with Gasteiger partial charge in [0.1, 0.15) is 0 Å². The first-order chi connectivity index (χ1) is 3.18. The lowest BCUT2D eigenvalue weighted by molar-refractivity contribution is -1.02. The molecule has 1 atom stereocenters. The average molecular weight is 104 g/mol. The van der Waals surface area contributed by atoms with Crippen LogP contribution in [0.3, 0.4) is 0 Å². The molecule has 0 aliphatic carbocycles. The Bertz CT molecular complexity index is 73.3. The van der Waals surface area contributed by atoms with Crippen LogP contribution < -0.4 is 11.0 Å². The highest BCUT2D eigenvalue weighted by Gasteiger charge is 1.90. The number of hydroxylamine groups is 2. The third-order valence-corrected chi connectivity index (χ3v) is 0.448. The van der Waals surface area contributed by atoms with Crippen molar-refractivity contribution in [1.29, 1.82) is 0 Å².